The van der Waals surface area contributed by atoms with E-state index in [1.807, 2.05) is 6.92 Å². The number of terminal acetylenes is 1. The highest BCUT2D eigenvalue weighted by atomic mass is 16.6. The SMILES string of the molecule is C#CCOc1ccc(/C=N\Nc2ccccc2[N+](=O)[O-])cc1OCC. The zero-order valence-corrected chi connectivity index (χ0v) is 13.6. The van der Waals surface area contributed by atoms with Gasteiger partial charge in [-0.05, 0) is 36.8 Å². The Kier molecular flexibility index (Phi) is 6.37. The zero-order chi connectivity index (χ0) is 18.1. The van der Waals surface area contributed by atoms with Crippen LogP contribution in [0.25, 0.3) is 0 Å². The molecular formula is C18H17N3O4. The molecule has 0 aliphatic rings. The van der Waals surface area contributed by atoms with E-state index in [4.69, 9.17) is 15.9 Å². The van der Waals surface area contributed by atoms with Crippen LogP contribution >= 0.6 is 0 Å². The highest BCUT2D eigenvalue weighted by Crippen LogP contribution is 2.28. The van der Waals surface area contributed by atoms with E-state index in [1.165, 1.54) is 12.3 Å². The number of benzene rings is 2. The van der Waals surface area contributed by atoms with E-state index in [0.717, 1.165) is 5.56 Å². The molecule has 0 aliphatic carbocycles. The monoisotopic (exact) mass is 339 g/mol. The zero-order valence-electron chi connectivity index (χ0n) is 13.6. The van der Waals surface area contributed by atoms with Crippen LogP contribution < -0.4 is 14.9 Å². The van der Waals surface area contributed by atoms with Crippen molar-refractivity contribution in [3.05, 3.63) is 58.1 Å². The quantitative estimate of drug-likeness (QED) is 0.344. The number of rotatable bonds is 8. The Morgan fingerprint density at radius 1 is 1.28 bits per heavy atom. The smallest absolute Gasteiger partial charge is 0.294 e. The van der Waals surface area contributed by atoms with E-state index in [2.05, 4.69) is 16.4 Å². The lowest BCUT2D eigenvalue weighted by Gasteiger charge is -2.10. The Morgan fingerprint density at radius 3 is 2.80 bits per heavy atom. The van der Waals surface area contributed by atoms with E-state index < -0.39 is 4.92 Å². The molecule has 2 rings (SSSR count). The van der Waals surface area contributed by atoms with Crippen molar-refractivity contribution in [3.63, 3.8) is 0 Å². The maximum atomic E-state index is 11.0. The molecule has 1 N–H and O–H groups in total. The molecular weight excluding hydrogens is 322 g/mol. The molecule has 0 heterocycles. The van der Waals surface area contributed by atoms with E-state index in [9.17, 15) is 10.1 Å². The van der Waals surface area contributed by atoms with Crippen LogP contribution in [0.1, 0.15) is 12.5 Å². The molecule has 0 aromatic heterocycles. The highest BCUT2D eigenvalue weighted by molar-refractivity contribution is 5.81. The molecule has 128 valence electrons. The molecule has 0 bridgehead atoms. The molecule has 0 aliphatic heterocycles. The van der Waals surface area contributed by atoms with Crippen molar-refractivity contribution in [1.29, 1.82) is 0 Å². The summed E-state index contributed by atoms with van der Waals surface area (Å²) in [7, 11) is 0. The number of nitro benzene ring substituents is 1. The van der Waals surface area contributed by atoms with Gasteiger partial charge in [-0.1, -0.05) is 18.1 Å². The summed E-state index contributed by atoms with van der Waals surface area (Å²) >= 11 is 0. The average molecular weight is 339 g/mol. The first-order valence-electron chi connectivity index (χ1n) is 7.51. The lowest BCUT2D eigenvalue weighted by molar-refractivity contribution is -0.384. The van der Waals surface area contributed by atoms with Crippen LogP contribution in [0.15, 0.2) is 47.6 Å². The van der Waals surface area contributed by atoms with E-state index >= 15 is 0 Å². The van der Waals surface area contributed by atoms with Gasteiger partial charge >= 0.3 is 0 Å². The van der Waals surface area contributed by atoms with Crippen molar-refractivity contribution in [2.45, 2.75) is 6.92 Å². The van der Waals surface area contributed by atoms with Crippen LogP contribution in [0.4, 0.5) is 11.4 Å². The van der Waals surface area contributed by atoms with E-state index in [-0.39, 0.29) is 12.3 Å². The number of nitrogens with one attached hydrogen (secondary N) is 1. The third-order valence-corrected chi connectivity index (χ3v) is 3.08. The van der Waals surface area contributed by atoms with Gasteiger partial charge in [0.25, 0.3) is 5.69 Å². The lowest BCUT2D eigenvalue weighted by atomic mass is 10.2. The maximum absolute atomic E-state index is 11.0. The number of para-hydroxylation sites is 2. The molecule has 0 saturated carbocycles. The predicted octanol–water partition coefficient (Wildman–Crippen LogP) is 3.45. The summed E-state index contributed by atoms with van der Waals surface area (Å²) in [5.41, 5.74) is 3.67. The number of hydrogen-bond donors (Lipinski definition) is 1. The molecule has 0 fully saturated rings. The molecule has 2 aromatic rings. The number of hydrazone groups is 1. The fourth-order valence-corrected chi connectivity index (χ4v) is 2.02. The second kappa shape index (κ2) is 8.93. The fraction of sp³-hybridized carbons (Fsp3) is 0.167. The van der Waals surface area contributed by atoms with Crippen LogP contribution in [0.3, 0.4) is 0 Å². The Balaban J connectivity index is 2.14. The number of hydrogen-bond acceptors (Lipinski definition) is 6. The molecule has 0 radical (unpaired) electrons. The first-order valence-corrected chi connectivity index (χ1v) is 7.51. The van der Waals surface area contributed by atoms with Gasteiger partial charge in [-0.25, -0.2) is 0 Å². The second-order valence-corrected chi connectivity index (χ2v) is 4.78. The number of nitro groups is 1. The van der Waals surface area contributed by atoms with Crippen LogP contribution in [0.2, 0.25) is 0 Å². The van der Waals surface area contributed by atoms with Crippen molar-refractivity contribution in [1.82, 2.24) is 0 Å². The van der Waals surface area contributed by atoms with Gasteiger partial charge in [0.1, 0.15) is 12.3 Å². The van der Waals surface area contributed by atoms with Crippen molar-refractivity contribution in [3.8, 4) is 23.8 Å². The first-order chi connectivity index (χ1) is 12.2. The Morgan fingerprint density at radius 2 is 2.08 bits per heavy atom. The van der Waals surface area contributed by atoms with Crippen molar-refractivity contribution in [2.75, 3.05) is 18.6 Å². The van der Waals surface area contributed by atoms with Crippen molar-refractivity contribution >= 4 is 17.6 Å². The summed E-state index contributed by atoms with van der Waals surface area (Å²) in [5.74, 6) is 3.49. The summed E-state index contributed by atoms with van der Waals surface area (Å²) in [6.07, 6.45) is 6.72. The Hall–Kier alpha value is -3.53. The third-order valence-electron chi connectivity index (χ3n) is 3.08. The van der Waals surface area contributed by atoms with E-state index in [1.54, 1.807) is 36.4 Å². The minimum Gasteiger partial charge on any atom is -0.490 e. The number of ether oxygens (including phenoxy) is 2. The van der Waals surface area contributed by atoms with Crippen LogP contribution in [-0.4, -0.2) is 24.4 Å². The Labute approximate surface area is 145 Å². The Bertz CT molecular complexity index is 812. The molecule has 0 amide bonds. The number of anilines is 1. The van der Waals surface area contributed by atoms with Crippen molar-refractivity contribution in [2.24, 2.45) is 5.10 Å². The average Bonchev–Trinajstić information content (AvgIpc) is 2.61. The summed E-state index contributed by atoms with van der Waals surface area (Å²) in [6, 6.07) is 11.5. The van der Waals surface area contributed by atoms with Gasteiger partial charge in [-0.3, -0.25) is 15.5 Å². The molecule has 2 aromatic carbocycles. The van der Waals surface area contributed by atoms with Crippen LogP contribution in [-0.2, 0) is 0 Å². The van der Waals surface area contributed by atoms with Gasteiger partial charge in [0, 0.05) is 6.07 Å². The fourth-order valence-electron chi connectivity index (χ4n) is 2.02. The summed E-state index contributed by atoms with van der Waals surface area (Å²) in [4.78, 5) is 10.5. The van der Waals surface area contributed by atoms with Gasteiger partial charge < -0.3 is 9.47 Å². The normalized spacial score (nSPS) is 10.2. The van der Waals surface area contributed by atoms with Gasteiger partial charge in [-0.15, -0.1) is 6.42 Å². The van der Waals surface area contributed by atoms with Gasteiger partial charge in [0.15, 0.2) is 11.5 Å². The minimum atomic E-state index is -0.470. The van der Waals surface area contributed by atoms with Crippen molar-refractivity contribution < 1.29 is 14.4 Å². The lowest BCUT2D eigenvalue weighted by Crippen LogP contribution is -2.00. The third kappa shape index (κ3) is 4.97. The molecule has 25 heavy (non-hydrogen) atoms. The summed E-state index contributed by atoms with van der Waals surface area (Å²) in [5, 5.41) is 15.0. The molecule has 7 heteroatoms. The topological polar surface area (TPSA) is 86.0 Å². The van der Waals surface area contributed by atoms with E-state index in [0.29, 0.717) is 23.8 Å². The maximum Gasteiger partial charge on any atom is 0.294 e. The number of nitrogens with zero attached hydrogens (tertiary/aromatic N) is 2. The standard InChI is InChI=1S/C18H17N3O4/c1-3-11-25-17-10-9-14(12-18(17)24-4-2)13-19-20-15-7-5-6-8-16(15)21(22)23/h1,5-10,12-13,20H,4,11H2,2H3/b19-13-. The molecule has 0 spiro atoms. The van der Waals surface area contributed by atoms with Crippen LogP contribution in [0.5, 0.6) is 11.5 Å². The summed E-state index contributed by atoms with van der Waals surface area (Å²) in [6.45, 7) is 2.48. The summed E-state index contributed by atoms with van der Waals surface area (Å²) < 4.78 is 10.9. The van der Waals surface area contributed by atoms with Gasteiger partial charge in [0.05, 0.1) is 17.7 Å². The highest BCUT2D eigenvalue weighted by Gasteiger charge is 2.11. The van der Waals surface area contributed by atoms with Crippen LogP contribution in [0, 0.1) is 22.5 Å². The van der Waals surface area contributed by atoms with Gasteiger partial charge in [-0.2, -0.15) is 5.10 Å². The predicted molar refractivity (Wildman–Crippen MR) is 96.3 cm³/mol. The molecule has 0 unspecified atom stereocenters. The minimum absolute atomic E-state index is 0.0484. The largest absolute Gasteiger partial charge is 0.490 e. The second-order valence-electron chi connectivity index (χ2n) is 4.78. The first kappa shape index (κ1) is 17.8. The molecule has 7 nitrogen and oxygen atoms in total. The molecule has 0 atom stereocenters. The van der Waals surface area contributed by atoms with Gasteiger partial charge in [0.2, 0.25) is 0 Å². The molecule has 0 saturated heterocycles.